The van der Waals surface area contributed by atoms with Gasteiger partial charge >= 0.3 is 0 Å². The van der Waals surface area contributed by atoms with Crippen LogP contribution in [0, 0.1) is 0 Å². The molecule has 1 heterocycles. The van der Waals surface area contributed by atoms with Gasteiger partial charge in [-0.3, -0.25) is 4.79 Å². The summed E-state index contributed by atoms with van der Waals surface area (Å²) < 4.78 is 6.96. The van der Waals surface area contributed by atoms with Crippen molar-refractivity contribution in [2.75, 3.05) is 7.11 Å². The van der Waals surface area contributed by atoms with E-state index in [1.165, 1.54) is 19.2 Å². The molecule has 5 nitrogen and oxygen atoms in total. The van der Waals surface area contributed by atoms with Crippen LogP contribution in [-0.2, 0) is 13.6 Å². The van der Waals surface area contributed by atoms with Crippen LogP contribution in [0.4, 0.5) is 0 Å². The molecule has 1 amide bonds. The van der Waals surface area contributed by atoms with Gasteiger partial charge in [0.25, 0.3) is 5.91 Å². The highest BCUT2D eigenvalue weighted by Gasteiger charge is 2.12. The Balaban J connectivity index is 2.10. The highest BCUT2D eigenvalue weighted by atomic mass is 16.5. The van der Waals surface area contributed by atoms with E-state index in [0.29, 0.717) is 12.3 Å². The number of benzene rings is 1. The Morgan fingerprint density at radius 3 is 2.84 bits per heavy atom. The van der Waals surface area contributed by atoms with Crippen molar-refractivity contribution in [2.45, 2.75) is 6.54 Å². The maximum atomic E-state index is 12.0. The van der Waals surface area contributed by atoms with Gasteiger partial charge in [0, 0.05) is 18.9 Å². The Labute approximate surface area is 111 Å². The molecule has 0 spiro atoms. The fourth-order valence-electron chi connectivity index (χ4n) is 1.77. The molecule has 2 N–H and O–H groups in total. The predicted octanol–water partition coefficient (Wildman–Crippen LogP) is 1.67. The summed E-state index contributed by atoms with van der Waals surface area (Å²) in [6.07, 6.45) is 1.91. The highest BCUT2D eigenvalue weighted by Crippen LogP contribution is 2.22. The minimum absolute atomic E-state index is 0.0646. The molecule has 0 saturated heterocycles. The second-order valence-corrected chi connectivity index (χ2v) is 4.18. The topological polar surface area (TPSA) is 63.5 Å². The number of carbonyl (C=O) groups excluding carboxylic acids is 1. The number of ether oxygens (including phenoxy) is 1. The molecule has 5 heteroatoms. The number of amides is 1. The van der Waals surface area contributed by atoms with E-state index in [-0.39, 0.29) is 17.2 Å². The van der Waals surface area contributed by atoms with Gasteiger partial charge in [0.2, 0.25) is 0 Å². The first kappa shape index (κ1) is 13.0. The minimum atomic E-state index is -0.336. The van der Waals surface area contributed by atoms with Crippen LogP contribution in [0.2, 0.25) is 0 Å². The smallest absolute Gasteiger partial charge is 0.255 e. The average molecular weight is 260 g/mol. The van der Waals surface area contributed by atoms with Crippen molar-refractivity contribution in [1.29, 1.82) is 0 Å². The first-order chi connectivity index (χ1) is 9.11. The first-order valence-corrected chi connectivity index (χ1v) is 5.87. The van der Waals surface area contributed by atoms with Crippen LogP contribution < -0.4 is 10.1 Å². The van der Waals surface area contributed by atoms with Gasteiger partial charge in [-0.1, -0.05) is 0 Å². The second-order valence-electron chi connectivity index (χ2n) is 4.18. The van der Waals surface area contributed by atoms with E-state index in [1.54, 1.807) is 6.07 Å². The number of aryl methyl sites for hydroxylation is 1. The minimum Gasteiger partial charge on any atom is -0.507 e. The lowest BCUT2D eigenvalue weighted by molar-refractivity contribution is 0.0947. The summed E-state index contributed by atoms with van der Waals surface area (Å²) in [6.45, 7) is 0.402. The number of phenols is 1. The number of carbonyl (C=O) groups is 1. The Bertz CT molecular complexity index is 590. The Hall–Kier alpha value is -2.43. The summed E-state index contributed by atoms with van der Waals surface area (Å²) in [5, 5.41) is 12.5. The number of nitrogens with zero attached hydrogens (tertiary/aromatic N) is 1. The lowest BCUT2D eigenvalue weighted by Gasteiger charge is -2.09. The van der Waals surface area contributed by atoms with Crippen molar-refractivity contribution < 1.29 is 14.6 Å². The van der Waals surface area contributed by atoms with Gasteiger partial charge in [0.1, 0.15) is 11.5 Å². The molecule has 2 aromatic rings. The first-order valence-electron chi connectivity index (χ1n) is 5.87. The number of aromatic hydroxyl groups is 1. The van der Waals surface area contributed by atoms with Gasteiger partial charge < -0.3 is 19.7 Å². The van der Waals surface area contributed by atoms with Crippen LogP contribution in [0.3, 0.4) is 0 Å². The molecule has 0 aliphatic heterocycles. The van der Waals surface area contributed by atoms with Crippen molar-refractivity contribution in [2.24, 2.45) is 7.05 Å². The van der Waals surface area contributed by atoms with Gasteiger partial charge in [-0.25, -0.2) is 0 Å². The zero-order valence-electron chi connectivity index (χ0n) is 10.9. The van der Waals surface area contributed by atoms with Crippen LogP contribution >= 0.6 is 0 Å². The summed E-state index contributed by atoms with van der Waals surface area (Å²) >= 11 is 0. The zero-order valence-corrected chi connectivity index (χ0v) is 10.9. The summed E-state index contributed by atoms with van der Waals surface area (Å²) in [4.78, 5) is 12.0. The summed E-state index contributed by atoms with van der Waals surface area (Å²) in [5.74, 6) is 0.129. The molecule has 0 bridgehead atoms. The molecular weight excluding hydrogens is 244 g/mol. The molecule has 1 aromatic carbocycles. The van der Waals surface area contributed by atoms with Crippen LogP contribution in [0.5, 0.6) is 11.5 Å². The van der Waals surface area contributed by atoms with Crippen molar-refractivity contribution in [3.8, 4) is 11.5 Å². The summed E-state index contributed by atoms with van der Waals surface area (Å²) in [7, 11) is 3.42. The van der Waals surface area contributed by atoms with Crippen molar-refractivity contribution >= 4 is 5.91 Å². The normalized spacial score (nSPS) is 10.2. The number of hydrogen-bond acceptors (Lipinski definition) is 3. The highest BCUT2D eigenvalue weighted by molar-refractivity contribution is 5.97. The molecule has 0 unspecified atom stereocenters. The van der Waals surface area contributed by atoms with Crippen LogP contribution in [0.15, 0.2) is 36.5 Å². The monoisotopic (exact) mass is 260 g/mol. The molecule has 0 atom stereocenters. The Morgan fingerprint density at radius 2 is 2.21 bits per heavy atom. The van der Waals surface area contributed by atoms with Crippen molar-refractivity contribution in [1.82, 2.24) is 9.88 Å². The molecule has 2 rings (SSSR count). The molecule has 0 aliphatic carbocycles. The standard InChI is InChI=1S/C14H16N2O3/c1-16-7-3-4-10(16)9-15-14(18)12-8-11(19-2)5-6-13(12)17/h3-8,17H,9H2,1-2H3,(H,15,18). The zero-order chi connectivity index (χ0) is 13.8. The van der Waals surface area contributed by atoms with Crippen molar-refractivity contribution in [3.05, 3.63) is 47.8 Å². The molecule has 0 fully saturated rings. The average Bonchev–Trinajstić information content (AvgIpc) is 2.82. The third-order valence-corrected chi connectivity index (χ3v) is 2.93. The number of methoxy groups -OCH3 is 1. The summed E-state index contributed by atoms with van der Waals surface area (Å²) in [6, 6.07) is 8.38. The van der Waals surface area contributed by atoms with E-state index < -0.39 is 0 Å². The van der Waals surface area contributed by atoms with Gasteiger partial charge in [-0.2, -0.15) is 0 Å². The molecule has 0 radical (unpaired) electrons. The fourth-order valence-corrected chi connectivity index (χ4v) is 1.77. The maximum Gasteiger partial charge on any atom is 0.255 e. The molecule has 19 heavy (non-hydrogen) atoms. The van der Waals surface area contributed by atoms with E-state index in [4.69, 9.17) is 4.74 Å². The third kappa shape index (κ3) is 2.88. The predicted molar refractivity (Wildman–Crippen MR) is 71.2 cm³/mol. The molecule has 1 aromatic heterocycles. The van der Waals surface area contributed by atoms with Gasteiger partial charge in [-0.15, -0.1) is 0 Å². The second kappa shape index (κ2) is 5.48. The fraction of sp³-hybridized carbons (Fsp3) is 0.214. The number of rotatable bonds is 4. The molecular formula is C14H16N2O3. The Morgan fingerprint density at radius 1 is 1.42 bits per heavy atom. The van der Waals surface area contributed by atoms with E-state index in [9.17, 15) is 9.90 Å². The quantitative estimate of drug-likeness (QED) is 0.879. The van der Waals surface area contributed by atoms with Gasteiger partial charge in [0.05, 0.1) is 19.2 Å². The van der Waals surface area contributed by atoms with Crippen molar-refractivity contribution in [3.63, 3.8) is 0 Å². The van der Waals surface area contributed by atoms with E-state index in [1.807, 2.05) is 29.9 Å². The number of aromatic nitrogens is 1. The molecule has 0 saturated carbocycles. The molecule has 0 aliphatic rings. The molecule has 100 valence electrons. The van der Waals surface area contributed by atoms with Gasteiger partial charge in [-0.05, 0) is 30.3 Å². The number of hydrogen-bond donors (Lipinski definition) is 2. The number of phenolic OH excluding ortho intramolecular Hbond substituents is 1. The van der Waals surface area contributed by atoms with E-state index in [0.717, 1.165) is 5.69 Å². The lowest BCUT2D eigenvalue weighted by atomic mass is 10.1. The van der Waals surface area contributed by atoms with Crippen LogP contribution in [-0.4, -0.2) is 22.7 Å². The summed E-state index contributed by atoms with van der Waals surface area (Å²) in [5.41, 5.74) is 1.18. The maximum absolute atomic E-state index is 12.0. The Kier molecular flexibility index (Phi) is 3.75. The third-order valence-electron chi connectivity index (χ3n) is 2.93. The van der Waals surface area contributed by atoms with Gasteiger partial charge in [0.15, 0.2) is 0 Å². The largest absolute Gasteiger partial charge is 0.507 e. The number of nitrogens with one attached hydrogen (secondary N) is 1. The van der Waals surface area contributed by atoms with E-state index >= 15 is 0 Å². The van der Waals surface area contributed by atoms with Crippen LogP contribution in [0.1, 0.15) is 16.1 Å². The lowest BCUT2D eigenvalue weighted by Crippen LogP contribution is -2.24. The SMILES string of the molecule is COc1ccc(O)c(C(=O)NCc2cccn2C)c1. The van der Waals surface area contributed by atoms with Crippen LogP contribution in [0.25, 0.3) is 0 Å². The van der Waals surface area contributed by atoms with E-state index in [2.05, 4.69) is 5.32 Å².